The van der Waals surface area contributed by atoms with E-state index in [9.17, 15) is 4.79 Å². The first-order valence-electron chi connectivity index (χ1n) is 7.00. The molecule has 5 heteroatoms. The number of benzene rings is 1. The highest BCUT2D eigenvalue weighted by Crippen LogP contribution is 2.28. The van der Waals surface area contributed by atoms with E-state index >= 15 is 0 Å². The maximum Gasteiger partial charge on any atom is 0.253 e. The third kappa shape index (κ3) is 4.13. The van der Waals surface area contributed by atoms with Crippen molar-refractivity contribution in [1.82, 2.24) is 5.32 Å². The summed E-state index contributed by atoms with van der Waals surface area (Å²) < 4.78 is 5.50. The molecule has 1 aliphatic rings. The van der Waals surface area contributed by atoms with Crippen LogP contribution in [0.15, 0.2) is 18.2 Å². The Morgan fingerprint density at radius 2 is 2.20 bits per heavy atom. The Kier molecular flexibility index (Phi) is 4.84. The summed E-state index contributed by atoms with van der Waals surface area (Å²) >= 11 is 0. The molecule has 2 rings (SSSR count). The molecule has 1 amide bonds. The molecule has 110 valence electrons. The molecule has 0 heterocycles. The highest BCUT2D eigenvalue weighted by molar-refractivity contribution is 6.00. The van der Waals surface area contributed by atoms with Crippen molar-refractivity contribution in [2.45, 2.75) is 12.8 Å². The van der Waals surface area contributed by atoms with Gasteiger partial charge in [0.05, 0.1) is 12.2 Å². The molecule has 0 aliphatic heterocycles. The van der Waals surface area contributed by atoms with Crippen LogP contribution >= 0.6 is 0 Å². The molecule has 1 fully saturated rings. The molecular formula is C15H23N3O2. The fraction of sp³-hybridized carbons (Fsp3) is 0.533. The molecule has 1 saturated carbocycles. The minimum Gasteiger partial charge on any atom is -0.399 e. The summed E-state index contributed by atoms with van der Waals surface area (Å²) in [5.74, 6) is 0.635. The molecule has 0 aromatic heterocycles. The first kappa shape index (κ1) is 14.7. The van der Waals surface area contributed by atoms with E-state index in [2.05, 4.69) is 5.32 Å². The number of hydrogen-bond acceptors (Lipinski definition) is 4. The van der Waals surface area contributed by atoms with Crippen LogP contribution in [-0.4, -0.2) is 39.8 Å². The third-order valence-electron chi connectivity index (χ3n) is 3.33. The molecule has 3 N–H and O–H groups in total. The number of nitrogens with two attached hydrogens (primary N) is 1. The number of carbonyl (C=O) groups excluding carboxylic acids is 1. The number of amides is 1. The van der Waals surface area contributed by atoms with Gasteiger partial charge in [-0.05, 0) is 37.0 Å². The van der Waals surface area contributed by atoms with Crippen molar-refractivity contribution in [3.8, 4) is 0 Å². The van der Waals surface area contributed by atoms with Gasteiger partial charge in [0.2, 0.25) is 0 Å². The van der Waals surface area contributed by atoms with E-state index in [4.69, 9.17) is 10.5 Å². The van der Waals surface area contributed by atoms with Crippen molar-refractivity contribution in [3.63, 3.8) is 0 Å². The summed E-state index contributed by atoms with van der Waals surface area (Å²) in [5, 5.41) is 2.87. The number of rotatable bonds is 7. The fourth-order valence-corrected chi connectivity index (χ4v) is 1.99. The van der Waals surface area contributed by atoms with E-state index in [1.54, 1.807) is 12.1 Å². The molecule has 0 unspecified atom stereocenters. The molecule has 0 spiro atoms. The van der Waals surface area contributed by atoms with E-state index in [0.29, 0.717) is 24.4 Å². The molecule has 0 saturated heterocycles. The summed E-state index contributed by atoms with van der Waals surface area (Å²) in [5.41, 5.74) is 7.80. The summed E-state index contributed by atoms with van der Waals surface area (Å²) in [6, 6.07) is 5.36. The highest BCUT2D eigenvalue weighted by Gasteiger charge is 2.21. The van der Waals surface area contributed by atoms with Gasteiger partial charge in [0.15, 0.2) is 0 Å². The van der Waals surface area contributed by atoms with Crippen LogP contribution < -0.4 is 16.0 Å². The van der Waals surface area contributed by atoms with Gasteiger partial charge in [-0.15, -0.1) is 0 Å². The number of anilines is 2. The molecular weight excluding hydrogens is 254 g/mol. The summed E-state index contributed by atoms with van der Waals surface area (Å²) in [7, 11) is 3.81. The van der Waals surface area contributed by atoms with Crippen LogP contribution in [0.5, 0.6) is 0 Å². The van der Waals surface area contributed by atoms with Crippen molar-refractivity contribution in [2.75, 3.05) is 44.5 Å². The standard InChI is InChI=1S/C15H23N3O2/c1-18(2)14-6-5-12(16)9-13(14)15(19)17-7-8-20-10-11-3-4-11/h5-6,9,11H,3-4,7-8,10,16H2,1-2H3,(H,17,19). The Morgan fingerprint density at radius 1 is 1.45 bits per heavy atom. The summed E-state index contributed by atoms with van der Waals surface area (Å²) in [4.78, 5) is 14.1. The van der Waals surface area contributed by atoms with Gasteiger partial charge < -0.3 is 20.7 Å². The van der Waals surface area contributed by atoms with Crippen molar-refractivity contribution in [3.05, 3.63) is 23.8 Å². The predicted molar refractivity (Wildman–Crippen MR) is 81.1 cm³/mol. The van der Waals surface area contributed by atoms with Crippen LogP contribution in [0.2, 0.25) is 0 Å². The molecule has 1 aromatic rings. The predicted octanol–water partition coefficient (Wildman–Crippen LogP) is 1.49. The molecule has 5 nitrogen and oxygen atoms in total. The minimum atomic E-state index is -0.115. The lowest BCUT2D eigenvalue weighted by Crippen LogP contribution is -2.29. The van der Waals surface area contributed by atoms with Gasteiger partial charge in [-0.3, -0.25) is 4.79 Å². The van der Waals surface area contributed by atoms with Crippen LogP contribution in [-0.2, 0) is 4.74 Å². The number of carbonyl (C=O) groups is 1. The maximum atomic E-state index is 12.2. The van der Waals surface area contributed by atoms with Crippen LogP contribution in [0.25, 0.3) is 0 Å². The van der Waals surface area contributed by atoms with Crippen LogP contribution in [0.4, 0.5) is 11.4 Å². The largest absolute Gasteiger partial charge is 0.399 e. The number of nitrogens with one attached hydrogen (secondary N) is 1. The van der Waals surface area contributed by atoms with Gasteiger partial charge >= 0.3 is 0 Å². The quantitative estimate of drug-likeness (QED) is 0.585. The second kappa shape index (κ2) is 6.61. The van der Waals surface area contributed by atoms with Crippen LogP contribution in [0.1, 0.15) is 23.2 Å². The number of nitrogens with zero attached hydrogens (tertiary/aromatic N) is 1. The molecule has 1 aliphatic carbocycles. The zero-order chi connectivity index (χ0) is 14.5. The van der Waals surface area contributed by atoms with Crippen molar-refractivity contribution in [1.29, 1.82) is 0 Å². The van der Waals surface area contributed by atoms with E-state index in [0.717, 1.165) is 18.2 Å². The van der Waals surface area contributed by atoms with Crippen molar-refractivity contribution in [2.24, 2.45) is 5.92 Å². The fourth-order valence-electron chi connectivity index (χ4n) is 1.99. The second-order valence-corrected chi connectivity index (χ2v) is 5.45. The van der Waals surface area contributed by atoms with Gasteiger partial charge in [-0.1, -0.05) is 0 Å². The Hall–Kier alpha value is -1.75. The smallest absolute Gasteiger partial charge is 0.253 e. The highest BCUT2D eigenvalue weighted by atomic mass is 16.5. The van der Waals surface area contributed by atoms with E-state index in [1.807, 2.05) is 25.1 Å². The summed E-state index contributed by atoms with van der Waals surface area (Å²) in [6.45, 7) is 1.90. The normalized spacial score (nSPS) is 14.1. The van der Waals surface area contributed by atoms with Gasteiger partial charge in [-0.2, -0.15) is 0 Å². The van der Waals surface area contributed by atoms with Crippen molar-refractivity contribution >= 4 is 17.3 Å². The first-order chi connectivity index (χ1) is 9.58. The average molecular weight is 277 g/mol. The first-order valence-corrected chi connectivity index (χ1v) is 7.00. The maximum absolute atomic E-state index is 12.2. The Morgan fingerprint density at radius 3 is 2.85 bits per heavy atom. The molecule has 20 heavy (non-hydrogen) atoms. The molecule has 1 aromatic carbocycles. The minimum absolute atomic E-state index is 0.115. The molecule has 0 bridgehead atoms. The van der Waals surface area contributed by atoms with Gasteiger partial charge in [0.1, 0.15) is 0 Å². The number of hydrogen-bond donors (Lipinski definition) is 2. The lowest BCUT2D eigenvalue weighted by molar-refractivity contribution is 0.0907. The molecule has 0 atom stereocenters. The number of ether oxygens (including phenoxy) is 1. The Labute approximate surface area is 120 Å². The second-order valence-electron chi connectivity index (χ2n) is 5.45. The van der Waals surface area contributed by atoms with Gasteiger partial charge in [0.25, 0.3) is 5.91 Å². The Balaban J connectivity index is 1.85. The topological polar surface area (TPSA) is 67.6 Å². The van der Waals surface area contributed by atoms with E-state index < -0.39 is 0 Å². The van der Waals surface area contributed by atoms with Crippen LogP contribution in [0.3, 0.4) is 0 Å². The van der Waals surface area contributed by atoms with Gasteiger partial charge in [-0.25, -0.2) is 0 Å². The zero-order valence-corrected chi connectivity index (χ0v) is 12.2. The van der Waals surface area contributed by atoms with E-state index in [-0.39, 0.29) is 5.91 Å². The Bertz CT molecular complexity index is 470. The average Bonchev–Trinajstić information content (AvgIpc) is 3.21. The molecule has 0 radical (unpaired) electrons. The van der Waals surface area contributed by atoms with E-state index in [1.165, 1.54) is 12.8 Å². The van der Waals surface area contributed by atoms with Gasteiger partial charge in [0, 0.05) is 38.6 Å². The lowest BCUT2D eigenvalue weighted by Gasteiger charge is -2.17. The number of nitrogen functional groups attached to an aromatic ring is 1. The van der Waals surface area contributed by atoms with Crippen LogP contribution in [0, 0.1) is 5.92 Å². The monoisotopic (exact) mass is 277 g/mol. The SMILES string of the molecule is CN(C)c1ccc(N)cc1C(=O)NCCOCC1CC1. The van der Waals surface area contributed by atoms with Crippen molar-refractivity contribution < 1.29 is 9.53 Å². The third-order valence-corrected chi connectivity index (χ3v) is 3.33. The lowest BCUT2D eigenvalue weighted by atomic mass is 10.1. The summed E-state index contributed by atoms with van der Waals surface area (Å²) in [6.07, 6.45) is 2.56. The zero-order valence-electron chi connectivity index (χ0n) is 12.2.